The zero-order valence-electron chi connectivity index (χ0n) is 19.0. The maximum atomic E-state index is 12.9. The lowest BCUT2D eigenvalue weighted by Crippen LogP contribution is -2.47. The number of nitrogens with zero attached hydrogens (tertiary/aromatic N) is 2. The number of benzene rings is 2. The molecule has 0 radical (unpaired) electrons. The number of sulfonamides is 1. The lowest BCUT2D eigenvalue weighted by Gasteiger charge is -2.25. The van der Waals surface area contributed by atoms with Gasteiger partial charge in [-0.2, -0.15) is 0 Å². The van der Waals surface area contributed by atoms with Crippen LogP contribution in [0.3, 0.4) is 0 Å². The van der Waals surface area contributed by atoms with Gasteiger partial charge in [0.15, 0.2) is 0 Å². The van der Waals surface area contributed by atoms with Crippen molar-refractivity contribution in [3.63, 3.8) is 0 Å². The fourth-order valence-electron chi connectivity index (χ4n) is 2.96. The predicted molar refractivity (Wildman–Crippen MR) is 123 cm³/mol. The number of carbonyl (C=O) groups is 2. The molecule has 0 unspecified atom stereocenters. The number of amides is 2. The van der Waals surface area contributed by atoms with Crippen LogP contribution in [0.2, 0.25) is 0 Å². The molecule has 2 aromatic rings. The van der Waals surface area contributed by atoms with Crippen LogP contribution in [0.25, 0.3) is 0 Å². The first kappa shape index (κ1) is 24.4. The third-order valence-corrected chi connectivity index (χ3v) is 6.47. The fraction of sp³-hybridized carbons (Fsp3) is 0.391. The summed E-state index contributed by atoms with van der Waals surface area (Å²) in [7, 11) is -2.24. The van der Waals surface area contributed by atoms with E-state index in [0.29, 0.717) is 17.8 Å². The van der Waals surface area contributed by atoms with Crippen molar-refractivity contribution in [2.24, 2.45) is 0 Å². The van der Waals surface area contributed by atoms with Gasteiger partial charge < -0.3 is 10.2 Å². The van der Waals surface area contributed by atoms with Crippen LogP contribution >= 0.6 is 0 Å². The van der Waals surface area contributed by atoms with Crippen molar-refractivity contribution < 1.29 is 18.0 Å². The highest BCUT2D eigenvalue weighted by Gasteiger charge is 2.23. The number of carbonyl (C=O) groups excluding carboxylic acids is 2. The van der Waals surface area contributed by atoms with Gasteiger partial charge in [-0.25, -0.2) is 8.42 Å². The Bertz CT molecular complexity index is 1020. The van der Waals surface area contributed by atoms with Crippen molar-refractivity contribution in [1.82, 2.24) is 10.2 Å². The molecule has 0 aromatic heterocycles. The molecule has 0 bridgehead atoms. The van der Waals surface area contributed by atoms with Gasteiger partial charge in [-0.3, -0.25) is 13.9 Å². The Hall–Kier alpha value is -2.87. The van der Waals surface area contributed by atoms with Crippen molar-refractivity contribution in [2.45, 2.75) is 45.1 Å². The van der Waals surface area contributed by atoms with E-state index in [4.69, 9.17) is 0 Å². The highest BCUT2D eigenvalue weighted by molar-refractivity contribution is 7.92. The lowest BCUT2D eigenvalue weighted by molar-refractivity contribution is -0.123. The Morgan fingerprint density at radius 2 is 1.52 bits per heavy atom. The number of anilines is 1. The zero-order chi connectivity index (χ0) is 23.4. The summed E-state index contributed by atoms with van der Waals surface area (Å²) < 4.78 is 26.9. The highest BCUT2D eigenvalue weighted by Crippen LogP contribution is 2.23. The molecule has 0 spiro atoms. The standard InChI is InChI=1S/C23H31N3O4S/c1-7-26(16-21(27)24-23(3,4)5)22(28)18-10-12-19(13-11-18)25(6)31(29,30)20-14-8-17(2)9-15-20/h8-15H,7,16H2,1-6H3,(H,24,27). The van der Waals surface area contributed by atoms with Gasteiger partial charge in [0.25, 0.3) is 15.9 Å². The largest absolute Gasteiger partial charge is 0.350 e. The second-order valence-electron chi connectivity index (χ2n) is 8.45. The molecule has 0 heterocycles. The molecule has 8 heteroatoms. The Balaban J connectivity index is 2.16. The first-order chi connectivity index (χ1) is 14.3. The van der Waals surface area contributed by atoms with Crippen LogP contribution in [0.4, 0.5) is 5.69 Å². The summed E-state index contributed by atoms with van der Waals surface area (Å²) >= 11 is 0. The molecule has 1 N–H and O–H groups in total. The Labute approximate surface area is 185 Å². The van der Waals surface area contributed by atoms with E-state index in [0.717, 1.165) is 5.56 Å². The summed E-state index contributed by atoms with van der Waals surface area (Å²) in [6.45, 7) is 9.66. The lowest BCUT2D eigenvalue weighted by atomic mass is 10.1. The molecular weight excluding hydrogens is 414 g/mol. The smallest absolute Gasteiger partial charge is 0.264 e. The molecule has 0 aliphatic rings. The normalized spacial score (nSPS) is 11.7. The average molecular weight is 446 g/mol. The van der Waals surface area contributed by atoms with Gasteiger partial charge in [-0.1, -0.05) is 17.7 Å². The molecule has 0 fully saturated rings. The maximum Gasteiger partial charge on any atom is 0.264 e. The van der Waals surface area contributed by atoms with Crippen LogP contribution < -0.4 is 9.62 Å². The number of hydrogen-bond acceptors (Lipinski definition) is 4. The molecule has 0 aliphatic carbocycles. The van der Waals surface area contributed by atoms with Gasteiger partial charge >= 0.3 is 0 Å². The minimum atomic E-state index is -3.71. The van der Waals surface area contributed by atoms with Gasteiger partial charge in [0, 0.05) is 24.7 Å². The van der Waals surface area contributed by atoms with E-state index in [1.165, 1.54) is 16.3 Å². The zero-order valence-corrected chi connectivity index (χ0v) is 19.8. The van der Waals surface area contributed by atoms with Crippen LogP contribution in [0.5, 0.6) is 0 Å². The van der Waals surface area contributed by atoms with E-state index < -0.39 is 10.0 Å². The minimum Gasteiger partial charge on any atom is -0.350 e. The van der Waals surface area contributed by atoms with Crippen LogP contribution in [0.1, 0.15) is 43.6 Å². The molecular formula is C23H31N3O4S. The van der Waals surface area contributed by atoms with E-state index in [1.54, 1.807) is 55.5 Å². The van der Waals surface area contributed by atoms with Crippen LogP contribution in [0.15, 0.2) is 53.4 Å². The quantitative estimate of drug-likeness (QED) is 0.709. The molecule has 2 rings (SSSR count). The minimum absolute atomic E-state index is 0.0456. The predicted octanol–water partition coefficient (Wildman–Crippen LogP) is 3.20. The molecule has 0 atom stereocenters. The molecule has 31 heavy (non-hydrogen) atoms. The third-order valence-electron chi connectivity index (χ3n) is 4.68. The highest BCUT2D eigenvalue weighted by atomic mass is 32.2. The van der Waals surface area contributed by atoms with E-state index in [-0.39, 0.29) is 28.8 Å². The SMILES string of the molecule is CCN(CC(=O)NC(C)(C)C)C(=O)c1ccc(N(C)S(=O)(=O)c2ccc(C)cc2)cc1. The number of aryl methyl sites for hydroxylation is 1. The molecule has 0 saturated carbocycles. The van der Waals surface area contributed by atoms with Crippen molar-refractivity contribution in [3.05, 3.63) is 59.7 Å². The van der Waals surface area contributed by atoms with Gasteiger partial charge in [0.05, 0.1) is 17.1 Å². The first-order valence-corrected chi connectivity index (χ1v) is 11.5. The fourth-order valence-corrected chi connectivity index (χ4v) is 4.16. The molecule has 0 saturated heterocycles. The Kier molecular flexibility index (Phi) is 7.49. The number of likely N-dealkylation sites (N-methyl/N-ethyl adjacent to an activating group) is 1. The maximum absolute atomic E-state index is 12.9. The number of rotatable bonds is 7. The van der Waals surface area contributed by atoms with Gasteiger partial charge in [0.2, 0.25) is 5.91 Å². The summed E-state index contributed by atoms with van der Waals surface area (Å²) in [4.78, 5) is 26.7. The van der Waals surface area contributed by atoms with E-state index in [2.05, 4.69) is 5.32 Å². The Morgan fingerprint density at radius 1 is 0.968 bits per heavy atom. The Morgan fingerprint density at radius 3 is 2.00 bits per heavy atom. The molecule has 2 aromatic carbocycles. The van der Waals surface area contributed by atoms with Gasteiger partial charge in [0.1, 0.15) is 0 Å². The van der Waals surface area contributed by atoms with E-state index in [1.807, 2.05) is 27.7 Å². The third kappa shape index (κ3) is 6.30. The molecule has 2 amide bonds. The van der Waals surface area contributed by atoms with Crippen molar-refractivity contribution in [2.75, 3.05) is 24.4 Å². The molecule has 7 nitrogen and oxygen atoms in total. The van der Waals surface area contributed by atoms with Gasteiger partial charge in [-0.05, 0) is 71.0 Å². The van der Waals surface area contributed by atoms with Crippen molar-refractivity contribution >= 4 is 27.5 Å². The summed E-state index contributed by atoms with van der Waals surface area (Å²) in [6.07, 6.45) is 0. The van der Waals surface area contributed by atoms with E-state index >= 15 is 0 Å². The summed E-state index contributed by atoms with van der Waals surface area (Å²) in [5.74, 6) is -0.523. The van der Waals surface area contributed by atoms with Crippen LogP contribution in [-0.2, 0) is 14.8 Å². The van der Waals surface area contributed by atoms with Crippen LogP contribution in [-0.4, -0.2) is 50.8 Å². The molecule has 168 valence electrons. The summed E-state index contributed by atoms with van der Waals surface area (Å²) in [5.41, 5.74) is 1.41. The second-order valence-corrected chi connectivity index (χ2v) is 10.4. The number of hydrogen-bond donors (Lipinski definition) is 1. The van der Waals surface area contributed by atoms with Crippen molar-refractivity contribution in [3.8, 4) is 0 Å². The van der Waals surface area contributed by atoms with E-state index in [9.17, 15) is 18.0 Å². The van der Waals surface area contributed by atoms with Crippen molar-refractivity contribution in [1.29, 1.82) is 0 Å². The topological polar surface area (TPSA) is 86.8 Å². The van der Waals surface area contributed by atoms with Gasteiger partial charge in [-0.15, -0.1) is 0 Å². The van der Waals surface area contributed by atoms with Crippen LogP contribution in [0, 0.1) is 6.92 Å². The second kappa shape index (κ2) is 9.51. The number of nitrogens with one attached hydrogen (secondary N) is 1. The summed E-state index contributed by atoms with van der Waals surface area (Å²) in [5, 5.41) is 2.84. The summed E-state index contributed by atoms with van der Waals surface area (Å²) in [6, 6.07) is 13.0. The average Bonchev–Trinajstić information content (AvgIpc) is 2.70. The first-order valence-electron chi connectivity index (χ1n) is 10.1. The molecule has 0 aliphatic heterocycles. The monoisotopic (exact) mass is 445 g/mol.